The highest BCUT2D eigenvalue weighted by atomic mass is 15.2. The standard InChI is InChI=1S/C15H24N2/c1-12(2)7-6-10-17-13(3)11-16-14-8-4-5-9-15(14)17/h4-5,8-9,12-13,16H,6-7,10-11H2,1-3H3. The van der Waals surface area contributed by atoms with Crippen LogP contribution in [0.25, 0.3) is 0 Å². The van der Waals surface area contributed by atoms with Gasteiger partial charge in [-0.2, -0.15) is 0 Å². The Labute approximate surface area is 105 Å². The number of hydrogen-bond donors (Lipinski definition) is 1. The van der Waals surface area contributed by atoms with Crippen LogP contribution in [0.4, 0.5) is 11.4 Å². The van der Waals surface area contributed by atoms with E-state index in [1.54, 1.807) is 0 Å². The van der Waals surface area contributed by atoms with Gasteiger partial charge in [0.1, 0.15) is 0 Å². The molecule has 0 radical (unpaired) electrons. The third-order valence-corrected chi connectivity index (χ3v) is 3.51. The van der Waals surface area contributed by atoms with E-state index in [0.717, 1.165) is 12.5 Å². The van der Waals surface area contributed by atoms with E-state index in [4.69, 9.17) is 0 Å². The summed E-state index contributed by atoms with van der Waals surface area (Å²) < 4.78 is 0. The Morgan fingerprint density at radius 1 is 1.35 bits per heavy atom. The van der Waals surface area contributed by atoms with Gasteiger partial charge in [-0.15, -0.1) is 0 Å². The highest BCUT2D eigenvalue weighted by Gasteiger charge is 2.21. The average Bonchev–Trinajstić information content (AvgIpc) is 2.32. The Kier molecular flexibility index (Phi) is 3.93. The molecular formula is C15H24N2. The molecule has 1 unspecified atom stereocenters. The van der Waals surface area contributed by atoms with Crippen molar-refractivity contribution in [2.75, 3.05) is 23.3 Å². The second kappa shape index (κ2) is 5.44. The third kappa shape index (κ3) is 2.93. The number of benzene rings is 1. The molecule has 1 aliphatic rings. The fourth-order valence-corrected chi connectivity index (χ4v) is 2.49. The van der Waals surface area contributed by atoms with Crippen molar-refractivity contribution in [1.29, 1.82) is 0 Å². The Bertz CT molecular complexity index is 360. The van der Waals surface area contributed by atoms with Gasteiger partial charge in [-0.25, -0.2) is 0 Å². The smallest absolute Gasteiger partial charge is 0.0605 e. The van der Waals surface area contributed by atoms with Crippen molar-refractivity contribution in [1.82, 2.24) is 0 Å². The molecule has 17 heavy (non-hydrogen) atoms. The molecule has 0 aromatic heterocycles. The van der Waals surface area contributed by atoms with Crippen LogP contribution >= 0.6 is 0 Å². The molecule has 1 heterocycles. The number of hydrogen-bond acceptors (Lipinski definition) is 2. The third-order valence-electron chi connectivity index (χ3n) is 3.51. The molecule has 1 N–H and O–H groups in total. The summed E-state index contributed by atoms with van der Waals surface area (Å²) in [6.45, 7) is 9.14. The Morgan fingerprint density at radius 2 is 2.12 bits per heavy atom. The van der Waals surface area contributed by atoms with E-state index in [-0.39, 0.29) is 0 Å². The second-order valence-corrected chi connectivity index (χ2v) is 5.48. The summed E-state index contributed by atoms with van der Waals surface area (Å²) in [6, 6.07) is 9.24. The summed E-state index contributed by atoms with van der Waals surface area (Å²) in [5.74, 6) is 0.809. The average molecular weight is 232 g/mol. The predicted octanol–water partition coefficient (Wildman–Crippen LogP) is 3.74. The lowest BCUT2D eigenvalue weighted by Gasteiger charge is -2.38. The predicted molar refractivity (Wildman–Crippen MR) is 75.8 cm³/mol. The minimum Gasteiger partial charge on any atom is -0.381 e. The first-order chi connectivity index (χ1) is 8.18. The molecule has 2 heteroatoms. The lowest BCUT2D eigenvalue weighted by molar-refractivity contribution is 0.531. The van der Waals surface area contributed by atoms with E-state index in [9.17, 15) is 0 Å². The summed E-state index contributed by atoms with van der Waals surface area (Å²) in [6.07, 6.45) is 2.61. The van der Waals surface area contributed by atoms with E-state index >= 15 is 0 Å². The van der Waals surface area contributed by atoms with Crippen molar-refractivity contribution < 1.29 is 0 Å². The van der Waals surface area contributed by atoms with Crippen molar-refractivity contribution in [3.8, 4) is 0 Å². The molecule has 0 saturated heterocycles. The second-order valence-electron chi connectivity index (χ2n) is 5.48. The monoisotopic (exact) mass is 232 g/mol. The van der Waals surface area contributed by atoms with Crippen molar-refractivity contribution >= 4 is 11.4 Å². The molecule has 0 spiro atoms. The van der Waals surface area contributed by atoms with Gasteiger partial charge in [-0.3, -0.25) is 0 Å². The lowest BCUT2D eigenvalue weighted by atomic mass is 10.1. The fraction of sp³-hybridized carbons (Fsp3) is 0.600. The molecule has 2 rings (SSSR count). The molecule has 1 aromatic carbocycles. The van der Waals surface area contributed by atoms with Crippen molar-refractivity contribution in [3.05, 3.63) is 24.3 Å². The van der Waals surface area contributed by atoms with Gasteiger partial charge in [0.05, 0.1) is 11.4 Å². The van der Waals surface area contributed by atoms with Crippen LogP contribution in [0.1, 0.15) is 33.6 Å². The number of fused-ring (bicyclic) bond motifs is 1. The first kappa shape index (κ1) is 12.3. The summed E-state index contributed by atoms with van der Waals surface area (Å²) in [4.78, 5) is 2.55. The molecule has 0 fully saturated rings. The highest BCUT2D eigenvalue weighted by Crippen LogP contribution is 2.31. The first-order valence-corrected chi connectivity index (χ1v) is 6.78. The summed E-state index contributed by atoms with van der Waals surface area (Å²) in [5.41, 5.74) is 2.66. The topological polar surface area (TPSA) is 15.3 Å². The fourth-order valence-electron chi connectivity index (χ4n) is 2.49. The Balaban J connectivity index is 2.05. The van der Waals surface area contributed by atoms with E-state index in [0.29, 0.717) is 6.04 Å². The van der Waals surface area contributed by atoms with Crippen LogP contribution in [0, 0.1) is 5.92 Å². The summed E-state index contributed by atoms with van der Waals surface area (Å²) in [7, 11) is 0. The molecule has 0 amide bonds. The molecule has 2 nitrogen and oxygen atoms in total. The highest BCUT2D eigenvalue weighted by molar-refractivity contribution is 5.72. The minimum atomic E-state index is 0.595. The molecule has 1 aliphatic heterocycles. The molecular weight excluding hydrogens is 208 g/mol. The zero-order valence-corrected chi connectivity index (χ0v) is 11.2. The first-order valence-electron chi connectivity index (χ1n) is 6.78. The SMILES string of the molecule is CC(C)CCCN1c2ccccc2NCC1C. The van der Waals surface area contributed by atoms with Gasteiger partial charge in [0.15, 0.2) is 0 Å². The largest absolute Gasteiger partial charge is 0.381 e. The van der Waals surface area contributed by atoms with Crippen LogP contribution in [0.5, 0.6) is 0 Å². The number of nitrogens with zero attached hydrogens (tertiary/aromatic N) is 1. The van der Waals surface area contributed by atoms with Gasteiger partial charge in [-0.05, 0) is 37.8 Å². The molecule has 0 aliphatic carbocycles. The van der Waals surface area contributed by atoms with E-state index < -0.39 is 0 Å². The molecule has 94 valence electrons. The van der Waals surface area contributed by atoms with Crippen molar-refractivity contribution in [3.63, 3.8) is 0 Å². The maximum absolute atomic E-state index is 3.50. The van der Waals surface area contributed by atoms with Crippen LogP contribution in [0.15, 0.2) is 24.3 Å². The number of para-hydroxylation sites is 2. The van der Waals surface area contributed by atoms with Crippen molar-refractivity contribution in [2.24, 2.45) is 5.92 Å². The quantitative estimate of drug-likeness (QED) is 0.850. The number of nitrogens with one attached hydrogen (secondary N) is 1. The molecule has 1 atom stereocenters. The van der Waals surface area contributed by atoms with Crippen LogP contribution in [0.2, 0.25) is 0 Å². The Morgan fingerprint density at radius 3 is 2.88 bits per heavy atom. The summed E-state index contributed by atoms with van der Waals surface area (Å²) in [5, 5.41) is 3.50. The lowest BCUT2D eigenvalue weighted by Crippen LogP contribution is -2.42. The molecule has 0 saturated carbocycles. The van der Waals surface area contributed by atoms with E-state index in [1.165, 1.54) is 30.8 Å². The van der Waals surface area contributed by atoms with Crippen LogP contribution in [0.3, 0.4) is 0 Å². The molecule has 0 bridgehead atoms. The van der Waals surface area contributed by atoms with Gasteiger partial charge < -0.3 is 10.2 Å². The zero-order chi connectivity index (χ0) is 12.3. The Hall–Kier alpha value is -1.18. The van der Waals surface area contributed by atoms with Crippen LogP contribution in [-0.4, -0.2) is 19.1 Å². The maximum atomic E-state index is 3.50. The van der Waals surface area contributed by atoms with Gasteiger partial charge in [-0.1, -0.05) is 26.0 Å². The zero-order valence-electron chi connectivity index (χ0n) is 11.2. The van der Waals surface area contributed by atoms with E-state index in [2.05, 4.69) is 55.3 Å². The number of rotatable bonds is 4. The normalized spacial score (nSPS) is 19.1. The van der Waals surface area contributed by atoms with Crippen molar-refractivity contribution in [2.45, 2.75) is 39.7 Å². The van der Waals surface area contributed by atoms with Gasteiger partial charge in [0.2, 0.25) is 0 Å². The van der Waals surface area contributed by atoms with Gasteiger partial charge >= 0.3 is 0 Å². The summed E-state index contributed by atoms with van der Waals surface area (Å²) >= 11 is 0. The van der Waals surface area contributed by atoms with Crippen LogP contribution < -0.4 is 10.2 Å². The maximum Gasteiger partial charge on any atom is 0.0605 e. The van der Waals surface area contributed by atoms with Gasteiger partial charge in [0, 0.05) is 19.1 Å². The number of anilines is 2. The van der Waals surface area contributed by atoms with E-state index in [1.807, 2.05) is 0 Å². The minimum absolute atomic E-state index is 0.595. The van der Waals surface area contributed by atoms with Gasteiger partial charge in [0.25, 0.3) is 0 Å². The molecule has 1 aromatic rings. The van der Waals surface area contributed by atoms with Crippen LogP contribution in [-0.2, 0) is 0 Å².